The lowest BCUT2D eigenvalue weighted by molar-refractivity contribution is -0.150. The standard InChI is InChI=1S/C14H20N2O3S/c1-14(2,13(18)19)15(3)9-12(17)16-6-4-11-10(8-16)5-7-20-11/h5,7H,4,6,8-9H2,1-3H3,(H,18,19). The molecule has 20 heavy (non-hydrogen) atoms. The second-order valence-electron chi connectivity index (χ2n) is 5.65. The Morgan fingerprint density at radius 2 is 2.20 bits per heavy atom. The van der Waals surface area contributed by atoms with Gasteiger partial charge in [-0.25, -0.2) is 0 Å². The van der Waals surface area contributed by atoms with Crippen LogP contribution in [0, 0.1) is 0 Å². The van der Waals surface area contributed by atoms with Gasteiger partial charge >= 0.3 is 5.97 Å². The Balaban J connectivity index is 1.98. The maximum absolute atomic E-state index is 12.3. The Morgan fingerprint density at radius 3 is 2.85 bits per heavy atom. The average Bonchev–Trinajstić information content (AvgIpc) is 2.85. The molecule has 0 saturated carbocycles. The van der Waals surface area contributed by atoms with E-state index in [1.807, 2.05) is 4.90 Å². The van der Waals surface area contributed by atoms with Crippen LogP contribution < -0.4 is 0 Å². The van der Waals surface area contributed by atoms with Gasteiger partial charge in [-0.1, -0.05) is 0 Å². The van der Waals surface area contributed by atoms with Gasteiger partial charge in [-0.15, -0.1) is 11.3 Å². The van der Waals surface area contributed by atoms with Crippen molar-refractivity contribution in [3.05, 3.63) is 21.9 Å². The number of carbonyl (C=O) groups excluding carboxylic acids is 1. The van der Waals surface area contributed by atoms with Crippen molar-refractivity contribution in [3.63, 3.8) is 0 Å². The highest BCUT2D eigenvalue weighted by Gasteiger charge is 2.34. The number of hydrogen-bond acceptors (Lipinski definition) is 4. The molecule has 0 spiro atoms. The highest BCUT2D eigenvalue weighted by atomic mass is 32.1. The van der Waals surface area contributed by atoms with Crippen LogP contribution in [0.3, 0.4) is 0 Å². The molecule has 1 aromatic heterocycles. The SMILES string of the molecule is CN(CC(=O)N1CCc2sccc2C1)C(C)(C)C(=O)O. The van der Waals surface area contributed by atoms with E-state index < -0.39 is 11.5 Å². The quantitative estimate of drug-likeness (QED) is 0.913. The summed E-state index contributed by atoms with van der Waals surface area (Å²) in [4.78, 5) is 28.2. The summed E-state index contributed by atoms with van der Waals surface area (Å²) in [7, 11) is 1.67. The van der Waals surface area contributed by atoms with E-state index >= 15 is 0 Å². The number of hydrogen-bond donors (Lipinski definition) is 1. The summed E-state index contributed by atoms with van der Waals surface area (Å²) >= 11 is 1.74. The second kappa shape index (κ2) is 5.54. The lowest BCUT2D eigenvalue weighted by Crippen LogP contribution is -2.52. The summed E-state index contributed by atoms with van der Waals surface area (Å²) < 4.78 is 0. The Kier molecular flexibility index (Phi) is 4.15. The number of carboxylic acids is 1. The number of thiophene rings is 1. The molecule has 0 unspecified atom stereocenters. The molecule has 6 heteroatoms. The van der Waals surface area contributed by atoms with E-state index in [1.54, 1.807) is 37.1 Å². The fourth-order valence-electron chi connectivity index (χ4n) is 2.13. The Morgan fingerprint density at radius 1 is 1.50 bits per heavy atom. The van der Waals surface area contributed by atoms with Crippen LogP contribution in [0.25, 0.3) is 0 Å². The third-order valence-electron chi connectivity index (χ3n) is 4.01. The third kappa shape index (κ3) is 2.86. The first-order valence-corrected chi connectivity index (χ1v) is 7.48. The Hall–Kier alpha value is -1.40. The number of nitrogens with zero attached hydrogens (tertiary/aromatic N) is 2. The van der Waals surface area contributed by atoms with Gasteiger partial charge in [-0.05, 0) is 44.3 Å². The highest BCUT2D eigenvalue weighted by Crippen LogP contribution is 2.24. The van der Waals surface area contributed by atoms with E-state index in [0.717, 1.165) is 6.42 Å². The van der Waals surface area contributed by atoms with E-state index in [9.17, 15) is 14.7 Å². The van der Waals surface area contributed by atoms with Crippen LogP contribution in [0.1, 0.15) is 24.3 Å². The molecule has 5 nitrogen and oxygen atoms in total. The van der Waals surface area contributed by atoms with Crippen molar-refractivity contribution in [2.45, 2.75) is 32.4 Å². The summed E-state index contributed by atoms with van der Waals surface area (Å²) in [6, 6.07) is 2.06. The third-order valence-corrected chi connectivity index (χ3v) is 5.03. The lowest BCUT2D eigenvalue weighted by atomic mass is 10.0. The summed E-state index contributed by atoms with van der Waals surface area (Å²) in [6.45, 7) is 4.69. The Bertz CT molecular complexity index is 524. The summed E-state index contributed by atoms with van der Waals surface area (Å²) in [5, 5.41) is 11.2. The van der Waals surface area contributed by atoms with Crippen molar-refractivity contribution in [1.82, 2.24) is 9.80 Å². The molecule has 0 fully saturated rings. The number of rotatable bonds is 4. The molecule has 0 aliphatic carbocycles. The van der Waals surface area contributed by atoms with Crippen LogP contribution in [-0.4, -0.2) is 52.5 Å². The van der Waals surface area contributed by atoms with Crippen LogP contribution in [0.4, 0.5) is 0 Å². The molecule has 2 rings (SSSR count). The maximum atomic E-state index is 12.3. The van der Waals surface area contributed by atoms with Gasteiger partial charge in [0, 0.05) is 18.0 Å². The molecule has 0 aromatic carbocycles. The van der Waals surface area contributed by atoms with Crippen molar-refractivity contribution < 1.29 is 14.7 Å². The molecule has 0 saturated heterocycles. The predicted molar refractivity (Wildman–Crippen MR) is 77.8 cm³/mol. The van der Waals surface area contributed by atoms with Gasteiger partial charge in [0.1, 0.15) is 5.54 Å². The maximum Gasteiger partial charge on any atom is 0.323 e. The molecule has 1 amide bonds. The van der Waals surface area contributed by atoms with Gasteiger partial charge in [0.05, 0.1) is 6.54 Å². The van der Waals surface area contributed by atoms with E-state index in [4.69, 9.17) is 0 Å². The zero-order chi connectivity index (χ0) is 14.9. The van der Waals surface area contributed by atoms with Crippen molar-refractivity contribution in [3.8, 4) is 0 Å². The second-order valence-corrected chi connectivity index (χ2v) is 6.66. The molecule has 0 bridgehead atoms. The number of carboxylic acid groups (broad SMARTS) is 1. The molecule has 1 aromatic rings. The minimum Gasteiger partial charge on any atom is -0.480 e. The van der Waals surface area contributed by atoms with Crippen LogP contribution >= 0.6 is 11.3 Å². The fraction of sp³-hybridized carbons (Fsp3) is 0.571. The number of carbonyl (C=O) groups is 2. The van der Waals surface area contributed by atoms with Crippen LogP contribution in [0.5, 0.6) is 0 Å². The molecular formula is C14H20N2O3S. The first kappa shape index (κ1) is 15.0. The molecular weight excluding hydrogens is 276 g/mol. The van der Waals surface area contributed by atoms with Crippen molar-refractivity contribution in [2.75, 3.05) is 20.1 Å². The molecule has 1 aliphatic heterocycles. The van der Waals surface area contributed by atoms with Gasteiger partial charge in [-0.2, -0.15) is 0 Å². The zero-order valence-electron chi connectivity index (χ0n) is 12.0. The number of aliphatic carboxylic acids is 1. The summed E-state index contributed by atoms with van der Waals surface area (Å²) in [6.07, 6.45) is 0.894. The monoisotopic (exact) mass is 296 g/mol. The number of amides is 1. The molecule has 1 aliphatic rings. The predicted octanol–water partition coefficient (Wildman–Crippen LogP) is 1.43. The average molecular weight is 296 g/mol. The van der Waals surface area contributed by atoms with Crippen LogP contribution in [0.15, 0.2) is 11.4 Å². The summed E-state index contributed by atoms with van der Waals surface area (Å²) in [5.41, 5.74) is 0.175. The molecule has 110 valence electrons. The molecule has 0 radical (unpaired) electrons. The zero-order valence-corrected chi connectivity index (χ0v) is 12.9. The van der Waals surface area contributed by atoms with Gasteiger partial charge < -0.3 is 10.0 Å². The van der Waals surface area contributed by atoms with Gasteiger partial charge in [0.15, 0.2) is 0 Å². The normalized spacial score (nSPS) is 15.3. The van der Waals surface area contributed by atoms with E-state index in [2.05, 4.69) is 11.4 Å². The first-order valence-electron chi connectivity index (χ1n) is 6.60. The lowest BCUT2D eigenvalue weighted by Gasteiger charge is -2.34. The molecule has 2 heterocycles. The summed E-state index contributed by atoms with van der Waals surface area (Å²) in [5.74, 6) is -0.940. The van der Waals surface area contributed by atoms with Gasteiger partial charge in [0.25, 0.3) is 0 Å². The van der Waals surface area contributed by atoms with Gasteiger partial charge in [0.2, 0.25) is 5.91 Å². The van der Waals surface area contributed by atoms with Crippen LogP contribution in [0.2, 0.25) is 0 Å². The van der Waals surface area contributed by atoms with E-state index in [1.165, 1.54) is 10.4 Å². The Labute approximate surface area is 122 Å². The largest absolute Gasteiger partial charge is 0.480 e. The van der Waals surface area contributed by atoms with E-state index in [0.29, 0.717) is 13.1 Å². The number of likely N-dealkylation sites (N-methyl/N-ethyl adjacent to an activating group) is 1. The van der Waals surface area contributed by atoms with Crippen molar-refractivity contribution in [1.29, 1.82) is 0 Å². The topological polar surface area (TPSA) is 60.9 Å². The minimum absolute atomic E-state index is 0.0151. The molecule has 0 atom stereocenters. The first-order chi connectivity index (χ1) is 9.32. The van der Waals surface area contributed by atoms with Crippen molar-refractivity contribution in [2.24, 2.45) is 0 Å². The molecule has 1 N–H and O–H groups in total. The van der Waals surface area contributed by atoms with E-state index in [-0.39, 0.29) is 12.5 Å². The fourth-order valence-corrected chi connectivity index (χ4v) is 3.01. The smallest absolute Gasteiger partial charge is 0.323 e. The van der Waals surface area contributed by atoms with Crippen molar-refractivity contribution >= 4 is 23.2 Å². The van der Waals surface area contributed by atoms with Gasteiger partial charge in [-0.3, -0.25) is 14.5 Å². The number of fused-ring (bicyclic) bond motifs is 1. The highest BCUT2D eigenvalue weighted by molar-refractivity contribution is 7.10. The van der Waals surface area contributed by atoms with Crippen LogP contribution in [-0.2, 0) is 22.6 Å². The minimum atomic E-state index is -1.04.